The van der Waals surface area contributed by atoms with Crippen molar-refractivity contribution in [2.75, 3.05) is 26.3 Å². The fourth-order valence-electron chi connectivity index (χ4n) is 3.07. The van der Waals surface area contributed by atoms with E-state index in [-0.39, 0.29) is 24.8 Å². The van der Waals surface area contributed by atoms with Gasteiger partial charge in [-0.2, -0.15) is 0 Å². The van der Waals surface area contributed by atoms with E-state index in [1.54, 1.807) is 0 Å². The Morgan fingerprint density at radius 3 is 2.62 bits per heavy atom. The number of aliphatic hydroxyl groups excluding tert-OH is 1. The lowest BCUT2D eigenvalue weighted by atomic mass is 9.96. The van der Waals surface area contributed by atoms with Crippen molar-refractivity contribution in [2.24, 2.45) is 5.73 Å². The average molecular weight is 357 g/mol. The lowest BCUT2D eigenvalue weighted by molar-refractivity contribution is -0.0173. The van der Waals surface area contributed by atoms with Crippen molar-refractivity contribution in [3.63, 3.8) is 0 Å². The average Bonchev–Trinajstić information content (AvgIpc) is 2.48. The molecular formula is C16H25BrN2O2. The SMILES string of the molecule is CC(N)C(c1ccccc1Br)N1CCC(OCCO)CC1. The minimum atomic E-state index is 0.0682. The Balaban J connectivity index is 2.03. The quantitative estimate of drug-likeness (QED) is 0.820. The maximum absolute atomic E-state index is 8.83. The summed E-state index contributed by atoms with van der Waals surface area (Å²) in [7, 11) is 0. The number of piperidine rings is 1. The first kappa shape index (κ1) is 16.9. The first-order valence-electron chi connectivity index (χ1n) is 7.60. The van der Waals surface area contributed by atoms with Crippen LogP contribution in [-0.4, -0.2) is 48.5 Å². The molecule has 2 rings (SSSR count). The van der Waals surface area contributed by atoms with E-state index in [0.29, 0.717) is 6.61 Å². The summed E-state index contributed by atoms with van der Waals surface area (Å²) in [6.07, 6.45) is 2.25. The molecule has 1 aromatic rings. The van der Waals surface area contributed by atoms with Gasteiger partial charge in [0.2, 0.25) is 0 Å². The predicted octanol–water partition coefficient (Wildman–Crippen LogP) is 2.31. The smallest absolute Gasteiger partial charge is 0.0701 e. The molecule has 0 aromatic heterocycles. The number of nitrogens with zero attached hydrogens (tertiary/aromatic N) is 1. The fraction of sp³-hybridized carbons (Fsp3) is 0.625. The number of rotatable bonds is 6. The highest BCUT2D eigenvalue weighted by molar-refractivity contribution is 9.10. The summed E-state index contributed by atoms with van der Waals surface area (Å²) in [6.45, 7) is 4.55. The van der Waals surface area contributed by atoms with Crippen LogP contribution in [0.2, 0.25) is 0 Å². The molecule has 0 radical (unpaired) electrons. The van der Waals surface area contributed by atoms with Crippen molar-refractivity contribution in [1.82, 2.24) is 4.90 Å². The van der Waals surface area contributed by atoms with Crippen LogP contribution >= 0.6 is 15.9 Å². The molecule has 0 amide bonds. The Morgan fingerprint density at radius 1 is 1.38 bits per heavy atom. The normalized spacial score (nSPS) is 20.4. The van der Waals surface area contributed by atoms with Gasteiger partial charge in [0, 0.05) is 23.6 Å². The van der Waals surface area contributed by atoms with Crippen molar-refractivity contribution in [2.45, 2.75) is 38.0 Å². The number of benzene rings is 1. The molecule has 0 aliphatic carbocycles. The van der Waals surface area contributed by atoms with Gasteiger partial charge in [0.15, 0.2) is 0 Å². The van der Waals surface area contributed by atoms with E-state index >= 15 is 0 Å². The minimum absolute atomic E-state index is 0.0682. The highest BCUT2D eigenvalue weighted by Gasteiger charge is 2.29. The highest BCUT2D eigenvalue weighted by Crippen LogP contribution is 2.32. The third-order valence-electron chi connectivity index (χ3n) is 4.04. The largest absolute Gasteiger partial charge is 0.394 e. The van der Waals surface area contributed by atoms with Crippen LogP contribution in [0.15, 0.2) is 28.7 Å². The summed E-state index contributed by atoms with van der Waals surface area (Å²) in [5, 5.41) is 8.83. The maximum atomic E-state index is 8.83. The molecule has 1 saturated heterocycles. The molecule has 2 atom stereocenters. The first-order valence-corrected chi connectivity index (χ1v) is 8.39. The summed E-state index contributed by atoms with van der Waals surface area (Å²) in [6, 6.07) is 8.60. The van der Waals surface area contributed by atoms with Crippen LogP contribution in [0.25, 0.3) is 0 Å². The van der Waals surface area contributed by atoms with E-state index in [1.165, 1.54) is 5.56 Å². The van der Waals surface area contributed by atoms with Crippen molar-refractivity contribution in [3.05, 3.63) is 34.3 Å². The standard InChI is InChI=1S/C16H25BrN2O2/c1-12(18)16(14-4-2-3-5-15(14)17)19-8-6-13(7-9-19)21-11-10-20/h2-5,12-13,16,20H,6-11,18H2,1H3. The van der Waals surface area contributed by atoms with Crippen LogP contribution in [0, 0.1) is 0 Å². The number of hydrogen-bond acceptors (Lipinski definition) is 4. The van der Waals surface area contributed by atoms with E-state index in [0.717, 1.165) is 30.4 Å². The summed E-state index contributed by atoms with van der Waals surface area (Å²) in [5.74, 6) is 0. The second kappa shape index (κ2) is 8.25. The molecule has 1 aromatic carbocycles. The third kappa shape index (κ3) is 4.50. The van der Waals surface area contributed by atoms with Crippen LogP contribution in [-0.2, 0) is 4.74 Å². The molecule has 5 heteroatoms. The monoisotopic (exact) mass is 356 g/mol. The number of ether oxygens (including phenoxy) is 1. The van der Waals surface area contributed by atoms with Gasteiger partial charge in [0.05, 0.1) is 25.4 Å². The first-order chi connectivity index (χ1) is 10.1. The van der Waals surface area contributed by atoms with Crippen molar-refractivity contribution in [1.29, 1.82) is 0 Å². The zero-order valence-corrected chi connectivity index (χ0v) is 14.1. The summed E-state index contributed by atoms with van der Waals surface area (Å²) < 4.78 is 6.75. The number of hydrogen-bond donors (Lipinski definition) is 2. The molecule has 4 nitrogen and oxygen atoms in total. The molecule has 1 heterocycles. The lowest BCUT2D eigenvalue weighted by Gasteiger charge is -2.39. The number of aliphatic hydroxyl groups is 1. The molecule has 0 spiro atoms. The molecule has 0 bridgehead atoms. The summed E-state index contributed by atoms with van der Waals surface area (Å²) >= 11 is 3.64. The molecule has 1 aliphatic heterocycles. The fourth-order valence-corrected chi connectivity index (χ4v) is 3.59. The van der Waals surface area contributed by atoms with E-state index in [1.807, 2.05) is 6.07 Å². The molecule has 0 saturated carbocycles. The zero-order chi connectivity index (χ0) is 15.2. The molecule has 21 heavy (non-hydrogen) atoms. The Bertz CT molecular complexity index is 434. The van der Waals surface area contributed by atoms with E-state index in [9.17, 15) is 0 Å². The van der Waals surface area contributed by atoms with Crippen LogP contribution in [0.4, 0.5) is 0 Å². The van der Waals surface area contributed by atoms with Crippen molar-refractivity contribution < 1.29 is 9.84 Å². The van der Waals surface area contributed by atoms with Gasteiger partial charge in [-0.1, -0.05) is 34.1 Å². The molecular weight excluding hydrogens is 332 g/mol. The summed E-state index contributed by atoms with van der Waals surface area (Å²) in [4.78, 5) is 2.45. The third-order valence-corrected chi connectivity index (χ3v) is 4.76. The Morgan fingerprint density at radius 2 is 2.05 bits per heavy atom. The topological polar surface area (TPSA) is 58.7 Å². The number of likely N-dealkylation sites (tertiary alicyclic amines) is 1. The highest BCUT2D eigenvalue weighted by atomic mass is 79.9. The lowest BCUT2D eigenvalue weighted by Crippen LogP contribution is -2.45. The number of nitrogens with two attached hydrogens (primary N) is 1. The Labute approximate surface area is 135 Å². The van der Waals surface area contributed by atoms with Gasteiger partial charge in [-0.15, -0.1) is 0 Å². The molecule has 118 valence electrons. The van der Waals surface area contributed by atoms with Crippen LogP contribution < -0.4 is 5.73 Å². The summed E-state index contributed by atoms with van der Waals surface area (Å²) in [5.41, 5.74) is 7.51. The van der Waals surface area contributed by atoms with Gasteiger partial charge in [-0.3, -0.25) is 4.90 Å². The van der Waals surface area contributed by atoms with Crippen molar-refractivity contribution >= 4 is 15.9 Å². The van der Waals surface area contributed by atoms with Gasteiger partial charge < -0.3 is 15.6 Å². The maximum Gasteiger partial charge on any atom is 0.0701 e. The second-order valence-electron chi connectivity index (χ2n) is 5.66. The van der Waals surface area contributed by atoms with Gasteiger partial charge in [0.1, 0.15) is 0 Å². The van der Waals surface area contributed by atoms with E-state index in [4.69, 9.17) is 15.6 Å². The second-order valence-corrected chi connectivity index (χ2v) is 6.51. The Hall–Kier alpha value is -0.460. The number of halogens is 1. The van der Waals surface area contributed by atoms with E-state index < -0.39 is 0 Å². The molecule has 2 unspecified atom stereocenters. The van der Waals surface area contributed by atoms with Crippen LogP contribution in [0.3, 0.4) is 0 Å². The van der Waals surface area contributed by atoms with Crippen molar-refractivity contribution in [3.8, 4) is 0 Å². The molecule has 1 aliphatic rings. The molecule has 3 N–H and O–H groups in total. The predicted molar refractivity (Wildman–Crippen MR) is 88.2 cm³/mol. The van der Waals surface area contributed by atoms with E-state index in [2.05, 4.69) is 46.0 Å². The van der Waals surface area contributed by atoms with Gasteiger partial charge in [-0.25, -0.2) is 0 Å². The van der Waals surface area contributed by atoms with Gasteiger partial charge in [-0.05, 0) is 31.4 Å². The zero-order valence-electron chi connectivity index (χ0n) is 12.5. The van der Waals surface area contributed by atoms with Gasteiger partial charge in [0.25, 0.3) is 0 Å². The van der Waals surface area contributed by atoms with Crippen LogP contribution in [0.1, 0.15) is 31.4 Å². The van der Waals surface area contributed by atoms with Gasteiger partial charge >= 0.3 is 0 Å². The Kier molecular flexibility index (Phi) is 6.64. The minimum Gasteiger partial charge on any atom is -0.394 e. The molecule has 1 fully saturated rings. The van der Waals surface area contributed by atoms with Crippen LogP contribution in [0.5, 0.6) is 0 Å².